The Kier molecular flexibility index (Phi) is 19.4. The van der Waals surface area contributed by atoms with Gasteiger partial charge in [-0.2, -0.15) is 0 Å². The van der Waals surface area contributed by atoms with Crippen molar-refractivity contribution in [2.24, 2.45) is 35.0 Å². The lowest BCUT2D eigenvalue weighted by atomic mass is 9.72. The van der Waals surface area contributed by atoms with Crippen LogP contribution < -0.4 is 0 Å². The Morgan fingerprint density at radius 3 is 2.18 bits per heavy atom. The number of methoxy groups -OCH3 is 3. The third-order valence-electron chi connectivity index (χ3n) is 13.4. The minimum Gasteiger partial charge on any atom is -0.456 e. The highest BCUT2D eigenvalue weighted by molar-refractivity contribution is 6.38. The highest BCUT2D eigenvalue weighted by Gasteiger charge is 2.46. The molecule has 3 aliphatic rings. The summed E-state index contributed by atoms with van der Waals surface area (Å²) in [5.74, 6) is -3.40. The Balaban J connectivity index is 2.08. The molecular formula is C45H74ClNO10. The van der Waals surface area contributed by atoms with E-state index in [9.17, 15) is 29.4 Å². The number of aliphatic hydroxyl groups is 2. The maximum atomic E-state index is 14.3. The number of carbonyl (C=O) groups excluding carboxylic acids is 4. The van der Waals surface area contributed by atoms with Gasteiger partial charge in [-0.25, -0.2) is 4.79 Å². The summed E-state index contributed by atoms with van der Waals surface area (Å²) in [5.41, 5.74) is 0.609. The Hall–Kier alpha value is -2.15. The van der Waals surface area contributed by atoms with Gasteiger partial charge in [-0.05, 0) is 101 Å². The number of amides is 1. The topological polar surface area (TPSA) is 149 Å². The molecule has 13 atom stereocenters. The lowest BCUT2D eigenvalue weighted by Gasteiger charge is -2.39. The van der Waals surface area contributed by atoms with Crippen LogP contribution in [0.1, 0.15) is 126 Å². The molecule has 0 radical (unpaired) electrons. The van der Waals surface area contributed by atoms with Gasteiger partial charge in [0.05, 0.1) is 29.8 Å². The van der Waals surface area contributed by atoms with E-state index in [1.54, 1.807) is 35.0 Å². The molecule has 2 N–H and O–H groups in total. The summed E-state index contributed by atoms with van der Waals surface area (Å²) in [6, 6.07) is -0.996. The fourth-order valence-electron chi connectivity index (χ4n) is 9.11. The molecule has 1 saturated carbocycles. The SMILES string of the molecule is CC[C@@H]1/C=C(\C)C[C@H](C)C[C@H](OC)[C@@H](O)[C@@H](OC)C[C@@H](C)C(C)(C)C(=O)C(=O)N2CCCC[C@H]2C(=O)O[C@H](/C(C)=C/[C@@H]2CC[C@H](Cl)[C@H](OC)C2)[C@H](C)[C@@H](O)CC1=O. The summed E-state index contributed by atoms with van der Waals surface area (Å²) in [6.07, 6.45) is 5.47. The number of nitrogens with zero attached hydrogens (tertiary/aromatic N) is 1. The zero-order valence-electron chi connectivity index (χ0n) is 36.6. The van der Waals surface area contributed by atoms with E-state index in [-0.39, 0.29) is 54.4 Å². The molecule has 2 aliphatic heterocycles. The number of hydrogen-bond donors (Lipinski definition) is 2. The second kappa shape index (κ2) is 22.5. The average molecular weight is 825 g/mol. The second-order valence-electron chi connectivity index (χ2n) is 18.0. The fraction of sp³-hybridized carbons (Fsp3) is 0.822. The van der Waals surface area contributed by atoms with Crippen LogP contribution in [0.5, 0.6) is 0 Å². The van der Waals surface area contributed by atoms with Gasteiger partial charge in [0.1, 0.15) is 24.0 Å². The molecule has 326 valence electrons. The van der Waals surface area contributed by atoms with Crippen molar-refractivity contribution in [1.29, 1.82) is 0 Å². The molecular weight excluding hydrogens is 750 g/mol. The fourth-order valence-corrected chi connectivity index (χ4v) is 9.44. The van der Waals surface area contributed by atoms with Crippen LogP contribution >= 0.6 is 11.6 Å². The van der Waals surface area contributed by atoms with Crippen molar-refractivity contribution >= 4 is 35.0 Å². The first kappa shape index (κ1) is 49.2. The van der Waals surface area contributed by atoms with Gasteiger partial charge in [0, 0.05) is 51.5 Å². The van der Waals surface area contributed by atoms with Gasteiger partial charge >= 0.3 is 5.97 Å². The Morgan fingerprint density at radius 2 is 1.56 bits per heavy atom. The first-order valence-corrected chi connectivity index (χ1v) is 21.8. The highest BCUT2D eigenvalue weighted by Crippen LogP contribution is 2.37. The lowest BCUT2D eigenvalue weighted by Crippen LogP contribution is -2.55. The first-order chi connectivity index (χ1) is 26.8. The van der Waals surface area contributed by atoms with E-state index in [0.717, 1.165) is 24.0 Å². The minimum absolute atomic E-state index is 0.0904. The van der Waals surface area contributed by atoms with Crippen molar-refractivity contribution in [2.75, 3.05) is 27.9 Å². The molecule has 3 rings (SSSR count). The number of cyclic esters (lactones) is 1. The Labute approximate surface area is 347 Å². The molecule has 57 heavy (non-hydrogen) atoms. The largest absolute Gasteiger partial charge is 0.456 e. The van der Waals surface area contributed by atoms with Crippen molar-refractivity contribution in [3.63, 3.8) is 0 Å². The number of piperidine rings is 1. The van der Waals surface area contributed by atoms with Gasteiger partial charge in [0.25, 0.3) is 5.91 Å². The molecule has 0 bridgehead atoms. The van der Waals surface area contributed by atoms with Gasteiger partial charge in [-0.15, -0.1) is 11.6 Å². The maximum absolute atomic E-state index is 14.3. The minimum atomic E-state index is -1.16. The molecule has 0 unspecified atom stereocenters. The molecule has 11 nitrogen and oxygen atoms in total. The number of ketones is 2. The number of Topliss-reactive ketones (excluding diaryl/α,β-unsaturated/α-hetero) is 2. The maximum Gasteiger partial charge on any atom is 0.329 e. The molecule has 0 spiro atoms. The molecule has 0 aromatic carbocycles. The second-order valence-corrected chi connectivity index (χ2v) is 18.6. The molecule has 12 heteroatoms. The number of hydrogen-bond acceptors (Lipinski definition) is 10. The van der Waals surface area contributed by atoms with Crippen molar-refractivity contribution in [3.8, 4) is 0 Å². The summed E-state index contributed by atoms with van der Waals surface area (Å²) in [5, 5.41) is 23.1. The van der Waals surface area contributed by atoms with Crippen LogP contribution in [0, 0.1) is 35.0 Å². The lowest BCUT2D eigenvalue weighted by molar-refractivity contribution is -0.166. The van der Waals surface area contributed by atoms with E-state index in [2.05, 4.69) is 13.0 Å². The summed E-state index contributed by atoms with van der Waals surface area (Å²) in [4.78, 5) is 57.8. The molecule has 0 aromatic heterocycles. The Morgan fingerprint density at radius 1 is 0.930 bits per heavy atom. The highest BCUT2D eigenvalue weighted by atomic mass is 35.5. The van der Waals surface area contributed by atoms with Crippen LogP contribution in [-0.4, -0.2) is 114 Å². The molecule has 2 fully saturated rings. The number of halogens is 1. The third kappa shape index (κ3) is 12.9. The number of carbonyl (C=O) groups is 4. The molecule has 0 aromatic rings. The number of esters is 1. The van der Waals surface area contributed by atoms with Crippen molar-refractivity contribution in [1.82, 2.24) is 4.90 Å². The van der Waals surface area contributed by atoms with E-state index < -0.39 is 71.5 Å². The predicted octanol–water partition coefficient (Wildman–Crippen LogP) is 7.02. The summed E-state index contributed by atoms with van der Waals surface area (Å²) >= 11 is 6.54. The predicted molar refractivity (Wildman–Crippen MR) is 222 cm³/mol. The summed E-state index contributed by atoms with van der Waals surface area (Å²) in [6.45, 7) is 15.2. The molecule has 2 heterocycles. The van der Waals surface area contributed by atoms with Crippen molar-refractivity contribution in [3.05, 3.63) is 23.3 Å². The van der Waals surface area contributed by atoms with Gasteiger partial charge in [0.15, 0.2) is 0 Å². The van der Waals surface area contributed by atoms with E-state index >= 15 is 0 Å². The van der Waals surface area contributed by atoms with Gasteiger partial charge in [-0.3, -0.25) is 14.4 Å². The number of aliphatic hydroxyl groups excluding tert-OH is 2. The van der Waals surface area contributed by atoms with E-state index in [1.165, 1.54) is 12.0 Å². The van der Waals surface area contributed by atoms with Crippen LogP contribution in [0.2, 0.25) is 0 Å². The van der Waals surface area contributed by atoms with Crippen LogP contribution in [-0.2, 0) is 38.1 Å². The summed E-state index contributed by atoms with van der Waals surface area (Å²) in [7, 11) is 4.72. The standard InChI is InChI=1S/C45H74ClNO10/c1-12-32-20-26(2)19-27(3)21-38(55-10)40(50)39(56-11)23-29(5)45(7,8)42(51)43(52)47-18-14-13-15-34(47)44(53)57-41(30(6)35(48)25-36(32)49)28(4)22-31-16-17-33(46)37(24-31)54-9/h20,22,27,29-35,37-41,48,50H,12-19,21,23-25H2,1-11H3/b26-20+,28-22+/t27-,29+,30+,31-,32+,33-,34-,35-,37+,38-,39-,40+,41+/m0/s1. The van der Waals surface area contributed by atoms with Crippen molar-refractivity contribution < 1.29 is 48.3 Å². The van der Waals surface area contributed by atoms with Crippen LogP contribution in [0.4, 0.5) is 0 Å². The molecule has 1 amide bonds. The van der Waals surface area contributed by atoms with Crippen molar-refractivity contribution in [2.45, 2.75) is 174 Å². The Bertz CT molecular complexity index is 1410. The monoisotopic (exact) mass is 824 g/mol. The van der Waals surface area contributed by atoms with Crippen LogP contribution in [0.15, 0.2) is 23.3 Å². The number of allylic oxidation sites excluding steroid dienone is 3. The molecule has 1 saturated heterocycles. The van der Waals surface area contributed by atoms with E-state index in [1.807, 2.05) is 33.8 Å². The smallest absolute Gasteiger partial charge is 0.329 e. The summed E-state index contributed by atoms with van der Waals surface area (Å²) < 4.78 is 23.6. The molecule has 1 aliphatic carbocycles. The van der Waals surface area contributed by atoms with Gasteiger partial charge < -0.3 is 34.1 Å². The van der Waals surface area contributed by atoms with Crippen LogP contribution in [0.25, 0.3) is 0 Å². The zero-order chi connectivity index (χ0) is 42.8. The van der Waals surface area contributed by atoms with Crippen LogP contribution in [0.3, 0.4) is 0 Å². The first-order valence-electron chi connectivity index (χ1n) is 21.3. The third-order valence-corrected chi connectivity index (χ3v) is 13.9. The van der Waals surface area contributed by atoms with E-state index in [4.69, 9.17) is 30.5 Å². The quantitative estimate of drug-likeness (QED) is 0.124. The van der Waals surface area contributed by atoms with Gasteiger partial charge in [0.2, 0.25) is 5.78 Å². The number of rotatable bonds is 6. The zero-order valence-corrected chi connectivity index (χ0v) is 37.4. The number of alkyl halides is 1. The average Bonchev–Trinajstić information content (AvgIpc) is 3.18. The number of fused-ring (bicyclic) bond motifs is 1. The van der Waals surface area contributed by atoms with Gasteiger partial charge in [-0.1, -0.05) is 59.3 Å². The normalized spacial score (nSPS) is 38.8. The van der Waals surface area contributed by atoms with E-state index in [0.29, 0.717) is 44.9 Å². The number of ether oxygens (including phenoxy) is 4.